The number of nitrogens with two attached hydrogens (primary N) is 1. The van der Waals surface area contributed by atoms with Crippen LogP contribution in [0.3, 0.4) is 0 Å². The molecule has 1 fully saturated rings. The van der Waals surface area contributed by atoms with Gasteiger partial charge in [0.05, 0.1) is 4.90 Å². The molecule has 0 amide bonds. The van der Waals surface area contributed by atoms with Gasteiger partial charge in [0.15, 0.2) is 0 Å². The van der Waals surface area contributed by atoms with E-state index < -0.39 is 10.0 Å². The first-order chi connectivity index (χ1) is 8.88. The molecule has 0 aromatic heterocycles. The Morgan fingerprint density at radius 3 is 2.40 bits per heavy atom. The molecule has 0 heterocycles. The molecule has 0 aliphatic heterocycles. The van der Waals surface area contributed by atoms with Crippen LogP contribution in [0.25, 0.3) is 0 Å². The second kappa shape index (κ2) is 7.09. The van der Waals surface area contributed by atoms with Crippen LogP contribution < -0.4 is 10.5 Å². The number of aryl methyl sites for hydroxylation is 1. The molecule has 7 heteroatoms. The molecule has 0 spiro atoms. The van der Waals surface area contributed by atoms with Crippen molar-refractivity contribution < 1.29 is 8.42 Å². The highest BCUT2D eigenvalue weighted by Crippen LogP contribution is 2.22. The summed E-state index contributed by atoms with van der Waals surface area (Å²) in [6, 6.07) is 5.00. The van der Waals surface area contributed by atoms with E-state index in [-0.39, 0.29) is 24.5 Å². The molecule has 1 aromatic carbocycles. The molecule has 0 saturated heterocycles. The summed E-state index contributed by atoms with van der Waals surface area (Å²) in [6.07, 6.45) is 3.33. The van der Waals surface area contributed by atoms with Crippen molar-refractivity contribution in [2.45, 2.75) is 49.6 Å². The van der Waals surface area contributed by atoms with Crippen LogP contribution in [0.5, 0.6) is 0 Å². The first-order valence-corrected chi connectivity index (χ1v) is 8.28. The fraction of sp³-hybridized carbons (Fsp3) is 0.538. The predicted octanol–water partition coefficient (Wildman–Crippen LogP) is 2.62. The molecule has 4 nitrogen and oxygen atoms in total. The highest BCUT2D eigenvalue weighted by molar-refractivity contribution is 7.89. The standard InChI is InChI=1S/C13H19ClN2O2S.ClH/c1-9-8-10(14)2-7-13(9)19(17,18)16-12-5-3-11(15)4-6-12;/h2,7-8,11-12,16H,3-6,15H2,1H3;1H. The molecule has 2 rings (SSSR count). The lowest BCUT2D eigenvalue weighted by atomic mass is 9.93. The number of halogens is 2. The van der Waals surface area contributed by atoms with Crippen molar-refractivity contribution in [2.75, 3.05) is 0 Å². The third kappa shape index (κ3) is 4.33. The van der Waals surface area contributed by atoms with Crippen LogP contribution in [0.15, 0.2) is 23.1 Å². The molecule has 0 bridgehead atoms. The van der Waals surface area contributed by atoms with Gasteiger partial charge in [0.25, 0.3) is 0 Å². The van der Waals surface area contributed by atoms with Crippen molar-refractivity contribution in [3.63, 3.8) is 0 Å². The summed E-state index contributed by atoms with van der Waals surface area (Å²) in [6.45, 7) is 1.75. The lowest BCUT2D eigenvalue weighted by molar-refractivity contribution is 0.373. The van der Waals surface area contributed by atoms with Gasteiger partial charge < -0.3 is 5.73 Å². The monoisotopic (exact) mass is 338 g/mol. The van der Waals surface area contributed by atoms with Crippen LogP contribution in [0.4, 0.5) is 0 Å². The van der Waals surface area contributed by atoms with Crippen molar-refractivity contribution in [3.8, 4) is 0 Å². The Kier molecular flexibility index (Phi) is 6.28. The fourth-order valence-electron chi connectivity index (χ4n) is 2.43. The smallest absolute Gasteiger partial charge is 0.241 e. The van der Waals surface area contributed by atoms with E-state index in [0.29, 0.717) is 15.5 Å². The molecule has 1 aromatic rings. The molecule has 0 radical (unpaired) electrons. The van der Waals surface area contributed by atoms with Gasteiger partial charge >= 0.3 is 0 Å². The van der Waals surface area contributed by atoms with Crippen LogP contribution >= 0.6 is 24.0 Å². The van der Waals surface area contributed by atoms with Gasteiger partial charge in [-0.3, -0.25) is 0 Å². The Bertz CT molecular complexity index is 555. The molecule has 20 heavy (non-hydrogen) atoms. The molecular weight excluding hydrogens is 319 g/mol. The number of hydrogen-bond donors (Lipinski definition) is 2. The third-order valence-corrected chi connectivity index (χ3v) is 5.44. The van der Waals surface area contributed by atoms with Gasteiger partial charge in [-0.1, -0.05) is 11.6 Å². The largest absolute Gasteiger partial charge is 0.328 e. The van der Waals surface area contributed by atoms with Crippen LogP contribution in [0.2, 0.25) is 5.02 Å². The molecule has 114 valence electrons. The molecule has 0 atom stereocenters. The molecular formula is C13H20Cl2N2O2S. The quantitative estimate of drug-likeness (QED) is 0.889. The summed E-state index contributed by atoms with van der Waals surface area (Å²) in [5.74, 6) is 0. The third-order valence-electron chi connectivity index (χ3n) is 3.52. The van der Waals surface area contributed by atoms with E-state index in [2.05, 4.69) is 4.72 Å². The number of benzene rings is 1. The molecule has 0 unspecified atom stereocenters. The highest BCUT2D eigenvalue weighted by atomic mass is 35.5. The van der Waals surface area contributed by atoms with Crippen LogP contribution in [-0.4, -0.2) is 20.5 Å². The normalized spacial score (nSPS) is 23.1. The van der Waals surface area contributed by atoms with Gasteiger partial charge in [0.1, 0.15) is 0 Å². The topological polar surface area (TPSA) is 72.2 Å². The summed E-state index contributed by atoms with van der Waals surface area (Å²) in [5.41, 5.74) is 6.48. The maximum absolute atomic E-state index is 12.3. The van der Waals surface area contributed by atoms with E-state index in [1.165, 1.54) is 0 Å². The fourth-order valence-corrected chi connectivity index (χ4v) is 4.19. The van der Waals surface area contributed by atoms with E-state index in [9.17, 15) is 8.42 Å². The molecule has 3 N–H and O–H groups in total. The zero-order valence-electron chi connectivity index (χ0n) is 11.3. The summed E-state index contributed by atoms with van der Waals surface area (Å²) in [4.78, 5) is 0.298. The van der Waals surface area contributed by atoms with E-state index in [1.54, 1.807) is 25.1 Å². The summed E-state index contributed by atoms with van der Waals surface area (Å²) >= 11 is 5.85. The van der Waals surface area contributed by atoms with Gasteiger partial charge in [0, 0.05) is 17.1 Å². The highest BCUT2D eigenvalue weighted by Gasteiger charge is 2.25. The summed E-state index contributed by atoms with van der Waals surface area (Å²) in [7, 11) is -3.47. The molecule has 1 aliphatic carbocycles. The van der Waals surface area contributed by atoms with Crippen molar-refractivity contribution in [1.82, 2.24) is 4.72 Å². The average Bonchev–Trinajstić information content (AvgIpc) is 2.31. The van der Waals surface area contributed by atoms with E-state index in [0.717, 1.165) is 25.7 Å². The van der Waals surface area contributed by atoms with Crippen molar-refractivity contribution in [2.24, 2.45) is 5.73 Å². The second-order valence-corrected chi connectivity index (χ2v) is 7.26. The summed E-state index contributed by atoms with van der Waals surface area (Å²) < 4.78 is 27.4. The van der Waals surface area contributed by atoms with Crippen molar-refractivity contribution >= 4 is 34.0 Å². The first-order valence-electron chi connectivity index (χ1n) is 6.42. The van der Waals surface area contributed by atoms with Gasteiger partial charge in [-0.2, -0.15) is 0 Å². The minimum Gasteiger partial charge on any atom is -0.328 e. The SMILES string of the molecule is Cc1cc(Cl)ccc1S(=O)(=O)NC1CCC(N)CC1.Cl. The first kappa shape index (κ1) is 17.7. The average molecular weight is 339 g/mol. The lowest BCUT2D eigenvalue weighted by Crippen LogP contribution is -2.40. The van der Waals surface area contributed by atoms with Crippen LogP contribution in [-0.2, 0) is 10.0 Å². The Hall–Kier alpha value is -0.330. The number of hydrogen-bond acceptors (Lipinski definition) is 3. The van der Waals surface area contributed by atoms with Gasteiger partial charge in [-0.15, -0.1) is 12.4 Å². The van der Waals surface area contributed by atoms with E-state index >= 15 is 0 Å². The number of sulfonamides is 1. The van der Waals surface area contributed by atoms with Gasteiger partial charge in [0.2, 0.25) is 10.0 Å². The minimum absolute atomic E-state index is 0. The van der Waals surface area contributed by atoms with Gasteiger partial charge in [-0.25, -0.2) is 13.1 Å². The lowest BCUT2D eigenvalue weighted by Gasteiger charge is -2.26. The summed E-state index contributed by atoms with van der Waals surface area (Å²) in [5, 5.41) is 0.542. The Morgan fingerprint density at radius 1 is 1.25 bits per heavy atom. The number of rotatable bonds is 3. The van der Waals surface area contributed by atoms with Crippen molar-refractivity contribution in [3.05, 3.63) is 28.8 Å². The van der Waals surface area contributed by atoms with Crippen LogP contribution in [0.1, 0.15) is 31.2 Å². The maximum atomic E-state index is 12.3. The maximum Gasteiger partial charge on any atom is 0.241 e. The second-order valence-electron chi connectivity index (χ2n) is 5.14. The van der Waals surface area contributed by atoms with Crippen molar-refractivity contribution in [1.29, 1.82) is 0 Å². The Balaban J connectivity index is 0.00000200. The zero-order chi connectivity index (χ0) is 14.0. The predicted molar refractivity (Wildman–Crippen MR) is 84.0 cm³/mol. The number of nitrogens with one attached hydrogen (secondary N) is 1. The van der Waals surface area contributed by atoms with E-state index in [1.807, 2.05) is 0 Å². The minimum atomic E-state index is -3.47. The van der Waals surface area contributed by atoms with Gasteiger partial charge in [-0.05, 0) is 56.4 Å². The zero-order valence-corrected chi connectivity index (χ0v) is 13.7. The van der Waals surface area contributed by atoms with E-state index in [4.69, 9.17) is 17.3 Å². The molecule has 1 aliphatic rings. The Labute approximate surface area is 131 Å². The Morgan fingerprint density at radius 2 is 1.85 bits per heavy atom. The molecule has 1 saturated carbocycles. The van der Waals surface area contributed by atoms with Crippen LogP contribution in [0, 0.1) is 6.92 Å².